The third-order valence-corrected chi connectivity index (χ3v) is 6.39. The summed E-state index contributed by atoms with van der Waals surface area (Å²) >= 11 is 0. The van der Waals surface area contributed by atoms with Crippen LogP contribution in [0, 0.1) is 0 Å². The third kappa shape index (κ3) is 3.52. The minimum absolute atomic E-state index is 0.0618. The van der Waals surface area contributed by atoms with Gasteiger partial charge in [-0.05, 0) is 48.1 Å². The van der Waals surface area contributed by atoms with Crippen molar-refractivity contribution >= 4 is 22.8 Å². The number of benzene rings is 3. The SMILES string of the molecule is CC1CCC(C(=O)OCc2ccccc2)c2c1n(C(=O)c1ccccc1)c1ccccc21. The molecule has 1 aliphatic carbocycles. The molecule has 0 bridgehead atoms. The normalized spacial score (nSPS) is 17.7. The van der Waals surface area contributed by atoms with Crippen molar-refractivity contribution in [3.05, 3.63) is 107 Å². The van der Waals surface area contributed by atoms with Crippen LogP contribution in [-0.2, 0) is 16.1 Å². The number of esters is 1. The lowest BCUT2D eigenvalue weighted by Gasteiger charge is -2.27. The highest BCUT2D eigenvalue weighted by Crippen LogP contribution is 2.45. The van der Waals surface area contributed by atoms with Crippen molar-refractivity contribution in [2.45, 2.75) is 38.2 Å². The maximum absolute atomic E-state index is 13.6. The molecule has 32 heavy (non-hydrogen) atoms. The second kappa shape index (κ2) is 8.46. The molecule has 160 valence electrons. The molecule has 1 aliphatic rings. The van der Waals surface area contributed by atoms with Gasteiger partial charge < -0.3 is 4.74 Å². The molecule has 4 nitrogen and oxygen atoms in total. The molecular formula is C28H25NO3. The third-order valence-electron chi connectivity index (χ3n) is 6.39. The molecular weight excluding hydrogens is 398 g/mol. The van der Waals surface area contributed by atoms with Crippen LogP contribution >= 0.6 is 0 Å². The van der Waals surface area contributed by atoms with E-state index in [1.165, 1.54) is 0 Å². The largest absolute Gasteiger partial charge is 0.460 e. The van der Waals surface area contributed by atoms with Gasteiger partial charge in [0, 0.05) is 16.6 Å². The van der Waals surface area contributed by atoms with Gasteiger partial charge in [0.1, 0.15) is 6.61 Å². The van der Waals surface area contributed by atoms with Crippen molar-refractivity contribution in [1.29, 1.82) is 0 Å². The summed E-state index contributed by atoms with van der Waals surface area (Å²) in [6.45, 7) is 2.39. The minimum atomic E-state index is -0.375. The van der Waals surface area contributed by atoms with E-state index < -0.39 is 0 Å². The summed E-state index contributed by atoms with van der Waals surface area (Å²) in [5.74, 6) is -0.492. The van der Waals surface area contributed by atoms with Crippen LogP contribution in [0.25, 0.3) is 10.9 Å². The summed E-state index contributed by atoms with van der Waals surface area (Å²) < 4.78 is 7.55. The van der Waals surface area contributed by atoms with Crippen LogP contribution in [0.3, 0.4) is 0 Å². The maximum atomic E-state index is 13.6. The van der Waals surface area contributed by atoms with Crippen molar-refractivity contribution in [2.24, 2.45) is 0 Å². The highest BCUT2D eigenvalue weighted by molar-refractivity contribution is 6.05. The lowest BCUT2D eigenvalue weighted by molar-refractivity contribution is -0.147. The van der Waals surface area contributed by atoms with E-state index in [0.29, 0.717) is 5.56 Å². The van der Waals surface area contributed by atoms with Crippen LogP contribution in [0.5, 0.6) is 0 Å². The van der Waals surface area contributed by atoms with Crippen molar-refractivity contribution in [2.75, 3.05) is 0 Å². The number of hydrogen-bond donors (Lipinski definition) is 0. The molecule has 5 rings (SSSR count). The minimum Gasteiger partial charge on any atom is -0.460 e. The van der Waals surface area contributed by atoms with E-state index in [4.69, 9.17) is 4.74 Å². The molecule has 0 radical (unpaired) electrons. The number of para-hydroxylation sites is 1. The van der Waals surface area contributed by atoms with Crippen LogP contribution < -0.4 is 0 Å². The first kappa shape index (κ1) is 20.3. The topological polar surface area (TPSA) is 48.3 Å². The van der Waals surface area contributed by atoms with Crippen molar-refractivity contribution in [3.63, 3.8) is 0 Å². The number of aromatic nitrogens is 1. The van der Waals surface area contributed by atoms with Gasteiger partial charge in [-0.3, -0.25) is 14.2 Å². The smallest absolute Gasteiger partial charge is 0.313 e. The van der Waals surface area contributed by atoms with E-state index in [0.717, 1.165) is 40.6 Å². The molecule has 0 saturated heterocycles. The molecule has 0 spiro atoms. The highest BCUT2D eigenvalue weighted by atomic mass is 16.5. The lowest BCUT2D eigenvalue weighted by atomic mass is 9.80. The molecule has 0 amide bonds. The van der Waals surface area contributed by atoms with Gasteiger partial charge >= 0.3 is 5.97 Å². The average molecular weight is 424 g/mol. The Morgan fingerprint density at radius 1 is 0.875 bits per heavy atom. The standard InChI is InChI=1S/C28H25NO3/c1-19-16-17-23(28(31)32-18-20-10-4-2-5-11-20)25-22-14-8-9-15-24(22)29(26(19)25)27(30)21-12-6-3-7-13-21/h2-15,19,23H,16-18H2,1H3. The Morgan fingerprint density at radius 3 is 2.28 bits per heavy atom. The quantitative estimate of drug-likeness (QED) is 0.375. The predicted molar refractivity (Wildman–Crippen MR) is 125 cm³/mol. The predicted octanol–water partition coefficient (Wildman–Crippen LogP) is 6.05. The van der Waals surface area contributed by atoms with Gasteiger partial charge in [-0.1, -0.05) is 73.7 Å². The second-order valence-corrected chi connectivity index (χ2v) is 8.45. The van der Waals surface area contributed by atoms with Crippen molar-refractivity contribution in [3.8, 4) is 0 Å². The molecule has 1 aromatic heterocycles. The highest BCUT2D eigenvalue weighted by Gasteiger charge is 2.37. The molecule has 0 saturated carbocycles. The van der Waals surface area contributed by atoms with E-state index in [1.54, 1.807) is 0 Å². The monoisotopic (exact) mass is 423 g/mol. The van der Waals surface area contributed by atoms with Crippen LogP contribution in [0.15, 0.2) is 84.9 Å². The van der Waals surface area contributed by atoms with Gasteiger partial charge in [0.25, 0.3) is 5.91 Å². The zero-order chi connectivity index (χ0) is 22.1. The van der Waals surface area contributed by atoms with Gasteiger partial charge in [0.15, 0.2) is 0 Å². The number of hydrogen-bond acceptors (Lipinski definition) is 3. The summed E-state index contributed by atoms with van der Waals surface area (Å²) in [6.07, 6.45) is 1.55. The molecule has 0 fully saturated rings. The van der Waals surface area contributed by atoms with E-state index in [2.05, 4.69) is 6.92 Å². The Morgan fingerprint density at radius 2 is 1.53 bits per heavy atom. The Labute approximate surface area is 187 Å². The van der Waals surface area contributed by atoms with Gasteiger partial charge in [-0.15, -0.1) is 0 Å². The van der Waals surface area contributed by atoms with Gasteiger partial charge in [0.2, 0.25) is 0 Å². The second-order valence-electron chi connectivity index (χ2n) is 8.45. The van der Waals surface area contributed by atoms with E-state index in [1.807, 2.05) is 89.5 Å². The Balaban J connectivity index is 1.58. The Hall–Kier alpha value is -3.66. The summed E-state index contributed by atoms with van der Waals surface area (Å²) in [7, 11) is 0. The maximum Gasteiger partial charge on any atom is 0.313 e. The summed E-state index contributed by atoms with van der Waals surface area (Å²) in [4.78, 5) is 26.8. The molecule has 2 atom stereocenters. The first-order valence-electron chi connectivity index (χ1n) is 11.1. The first-order chi connectivity index (χ1) is 15.6. The molecule has 1 heterocycles. The number of ether oxygens (including phenoxy) is 1. The van der Waals surface area contributed by atoms with Crippen molar-refractivity contribution in [1.82, 2.24) is 4.57 Å². The number of nitrogens with zero attached hydrogens (tertiary/aromatic N) is 1. The molecule has 4 heteroatoms. The zero-order valence-electron chi connectivity index (χ0n) is 18.0. The lowest BCUT2D eigenvalue weighted by Crippen LogP contribution is -2.25. The van der Waals surface area contributed by atoms with E-state index in [-0.39, 0.29) is 30.3 Å². The summed E-state index contributed by atoms with van der Waals surface area (Å²) in [5.41, 5.74) is 4.33. The molecule has 2 unspecified atom stereocenters. The summed E-state index contributed by atoms with van der Waals surface area (Å²) in [5, 5.41) is 0.958. The Kier molecular flexibility index (Phi) is 5.36. The van der Waals surface area contributed by atoms with E-state index in [9.17, 15) is 9.59 Å². The number of carbonyl (C=O) groups is 2. The number of rotatable bonds is 4. The van der Waals surface area contributed by atoms with Crippen molar-refractivity contribution < 1.29 is 14.3 Å². The van der Waals surface area contributed by atoms with Crippen LogP contribution in [0.1, 0.15) is 58.8 Å². The average Bonchev–Trinajstić information content (AvgIpc) is 3.20. The molecule has 0 N–H and O–H groups in total. The van der Waals surface area contributed by atoms with Crippen LogP contribution in [0.2, 0.25) is 0 Å². The van der Waals surface area contributed by atoms with Crippen LogP contribution in [-0.4, -0.2) is 16.4 Å². The zero-order valence-corrected chi connectivity index (χ0v) is 18.0. The molecule has 0 aliphatic heterocycles. The first-order valence-corrected chi connectivity index (χ1v) is 11.1. The Bertz CT molecular complexity index is 1270. The molecule has 4 aromatic rings. The summed E-state index contributed by atoms with van der Waals surface area (Å²) in [6, 6.07) is 26.9. The fourth-order valence-electron chi connectivity index (χ4n) is 4.83. The molecule has 3 aromatic carbocycles. The van der Waals surface area contributed by atoms with Gasteiger partial charge in [0.05, 0.1) is 11.4 Å². The van der Waals surface area contributed by atoms with Crippen LogP contribution in [0.4, 0.5) is 0 Å². The fraction of sp³-hybridized carbons (Fsp3) is 0.214. The number of fused-ring (bicyclic) bond motifs is 3. The fourth-order valence-corrected chi connectivity index (χ4v) is 4.83. The number of carbonyl (C=O) groups excluding carboxylic acids is 2. The van der Waals surface area contributed by atoms with E-state index >= 15 is 0 Å². The van der Waals surface area contributed by atoms with Gasteiger partial charge in [-0.25, -0.2) is 0 Å². The van der Waals surface area contributed by atoms with Gasteiger partial charge in [-0.2, -0.15) is 0 Å².